The van der Waals surface area contributed by atoms with Crippen molar-refractivity contribution in [3.8, 4) is 28.2 Å². The number of imidazole rings is 1. The predicted octanol–water partition coefficient (Wildman–Crippen LogP) is 4.24. The normalized spacial score (nSPS) is 10.9. The molecule has 0 fully saturated rings. The molecule has 5 rings (SSSR count). The Kier molecular flexibility index (Phi) is 4.95. The molecule has 0 unspecified atom stereocenters. The smallest absolute Gasteiger partial charge is 0.316 e. The van der Waals surface area contributed by atoms with Crippen LogP contribution < -0.4 is 16.6 Å². The fraction of sp³-hybridized carbons (Fsp3) is 0.0400. The number of benzene rings is 2. The Morgan fingerprint density at radius 2 is 1.88 bits per heavy atom. The lowest BCUT2D eigenvalue weighted by Crippen LogP contribution is -2.22. The second-order valence-corrected chi connectivity index (χ2v) is 7.70. The number of pyridine rings is 2. The fourth-order valence-corrected chi connectivity index (χ4v) is 3.71. The molecule has 0 atom stereocenters. The number of fused-ring (bicyclic) bond motifs is 1. The Morgan fingerprint density at radius 3 is 2.64 bits per heavy atom. The highest BCUT2D eigenvalue weighted by Crippen LogP contribution is 2.26. The Labute approximate surface area is 188 Å². The maximum Gasteiger partial charge on any atom is 0.316 e. The topological polar surface area (TPSA) is 119 Å². The van der Waals surface area contributed by atoms with Crippen molar-refractivity contribution < 1.29 is 4.79 Å². The Balaban J connectivity index is 1.74. The molecule has 2 aromatic carbocycles. The minimum Gasteiger partial charge on any atom is -0.351 e. The molecule has 33 heavy (non-hydrogen) atoms. The summed E-state index contributed by atoms with van der Waals surface area (Å²) in [6.45, 7) is 2.02. The van der Waals surface area contributed by atoms with E-state index < -0.39 is 6.03 Å². The largest absolute Gasteiger partial charge is 0.351 e. The van der Waals surface area contributed by atoms with Gasteiger partial charge in [-0.15, -0.1) is 0 Å². The highest BCUT2D eigenvalue weighted by molar-refractivity contribution is 5.88. The van der Waals surface area contributed by atoms with Gasteiger partial charge in [0.2, 0.25) is 0 Å². The molecule has 0 saturated heterocycles. The Bertz CT molecular complexity index is 1520. The van der Waals surface area contributed by atoms with Gasteiger partial charge in [0, 0.05) is 18.1 Å². The number of amides is 2. The van der Waals surface area contributed by atoms with Crippen LogP contribution in [0.4, 0.5) is 10.5 Å². The number of hydrogen-bond donors (Lipinski definition) is 3. The molecule has 0 aliphatic heterocycles. The van der Waals surface area contributed by atoms with Crippen molar-refractivity contribution in [3.63, 3.8) is 0 Å². The number of hydrogen-bond acceptors (Lipinski definition) is 4. The summed E-state index contributed by atoms with van der Waals surface area (Å²) in [5.74, 6) is 0.456. The van der Waals surface area contributed by atoms with E-state index in [1.807, 2.05) is 37.3 Å². The third-order valence-electron chi connectivity index (χ3n) is 5.33. The van der Waals surface area contributed by atoms with Gasteiger partial charge in [-0.2, -0.15) is 0 Å². The third-order valence-corrected chi connectivity index (χ3v) is 5.33. The zero-order valence-corrected chi connectivity index (χ0v) is 17.7. The molecular formula is C25H20N6O2. The lowest BCUT2D eigenvalue weighted by Gasteiger charge is -2.13. The number of nitrogens with zero attached hydrogens (tertiary/aromatic N) is 3. The second-order valence-electron chi connectivity index (χ2n) is 7.70. The van der Waals surface area contributed by atoms with E-state index in [-0.39, 0.29) is 5.56 Å². The molecule has 5 aromatic rings. The molecule has 0 radical (unpaired) electrons. The number of nitrogens with one attached hydrogen (secondary N) is 2. The zero-order valence-electron chi connectivity index (χ0n) is 17.7. The highest BCUT2D eigenvalue weighted by atomic mass is 16.2. The molecule has 0 aliphatic carbocycles. The first-order valence-electron chi connectivity index (χ1n) is 10.3. The van der Waals surface area contributed by atoms with Crippen molar-refractivity contribution in [2.75, 3.05) is 5.32 Å². The number of aryl methyl sites for hydroxylation is 1. The molecule has 4 N–H and O–H groups in total. The van der Waals surface area contributed by atoms with Crippen molar-refractivity contribution in [2.45, 2.75) is 6.92 Å². The van der Waals surface area contributed by atoms with Gasteiger partial charge in [0.1, 0.15) is 5.82 Å². The average Bonchev–Trinajstić information content (AvgIpc) is 3.24. The number of nitrogens with two attached hydrogens (primary N) is 1. The minimum absolute atomic E-state index is 0.255. The van der Waals surface area contributed by atoms with E-state index in [9.17, 15) is 9.59 Å². The van der Waals surface area contributed by atoms with Crippen LogP contribution in [0.5, 0.6) is 0 Å². The summed E-state index contributed by atoms with van der Waals surface area (Å²) >= 11 is 0. The summed E-state index contributed by atoms with van der Waals surface area (Å²) in [5.41, 5.74) is 10.9. The Morgan fingerprint density at radius 1 is 1.06 bits per heavy atom. The van der Waals surface area contributed by atoms with Crippen LogP contribution in [-0.2, 0) is 0 Å². The Hall–Kier alpha value is -4.72. The van der Waals surface area contributed by atoms with Gasteiger partial charge in [-0.05, 0) is 48.4 Å². The zero-order chi connectivity index (χ0) is 22.9. The fourth-order valence-electron chi connectivity index (χ4n) is 3.71. The van der Waals surface area contributed by atoms with Crippen LogP contribution in [0.2, 0.25) is 0 Å². The summed E-state index contributed by atoms with van der Waals surface area (Å²) < 4.78 is 1.54. The van der Waals surface area contributed by atoms with E-state index in [1.54, 1.807) is 53.5 Å². The number of aromatic amines is 1. The summed E-state index contributed by atoms with van der Waals surface area (Å²) in [6.07, 6.45) is 5.11. The first-order valence-corrected chi connectivity index (χ1v) is 10.3. The van der Waals surface area contributed by atoms with Gasteiger partial charge in [0.25, 0.3) is 5.56 Å². The van der Waals surface area contributed by atoms with Gasteiger partial charge in [0.05, 0.1) is 28.5 Å². The average molecular weight is 436 g/mol. The molecule has 0 saturated carbocycles. The van der Waals surface area contributed by atoms with E-state index in [4.69, 9.17) is 5.73 Å². The highest BCUT2D eigenvalue weighted by Gasteiger charge is 2.15. The number of urea groups is 1. The number of H-pyrrole nitrogens is 1. The molecule has 0 spiro atoms. The van der Waals surface area contributed by atoms with Gasteiger partial charge in [-0.1, -0.05) is 35.9 Å². The number of anilines is 1. The maximum absolute atomic E-state index is 13.6. The summed E-state index contributed by atoms with van der Waals surface area (Å²) in [5, 5.41) is 2.55. The van der Waals surface area contributed by atoms with Crippen LogP contribution in [0.25, 0.3) is 39.2 Å². The van der Waals surface area contributed by atoms with Gasteiger partial charge in [-0.3, -0.25) is 14.3 Å². The summed E-state index contributed by atoms with van der Waals surface area (Å²) in [6, 6.07) is 17.9. The van der Waals surface area contributed by atoms with E-state index in [0.717, 1.165) is 27.7 Å². The van der Waals surface area contributed by atoms with E-state index in [1.165, 1.54) is 0 Å². The van der Waals surface area contributed by atoms with Crippen LogP contribution in [0.15, 0.2) is 84.0 Å². The number of rotatable bonds is 4. The van der Waals surface area contributed by atoms with Gasteiger partial charge in [0.15, 0.2) is 0 Å². The molecule has 0 aliphatic rings. The molecule has 3 heterocycles. The van der Waals surface area contributed by atoms with Crippen molar-refractivity contribution in [2.24, 2.45) is 5.73 Å². The minimum atomic E-state index is -0.676. The SMILES string of the molecule is Cc1ccc(-c2cc(-c3nc4ccncc4[nH]3)c(=O)n(-c3cccc(NC(N)=O)c3)c2)cc1. The molecule has 8 heteroatoms. The number of primary amides is 1. The van der Waals surface area contributed by atoms with Crippen molar-refractivity contribution in [1.29, 1.82) is 0 Å². The predicted molar refractivity (Wildman–Crippen MR) is 128 cm³/mol. The molecule has 2 amide bonds. The number of carbonyl (C=O) groups excluding carboxylic acids is 1. The monoisotopic (exact) mass is 436 g/mol. The van der Waals surface area contributed by atoms with E-state index in [0.29, 0.717) is 22.8 Å². The lowest BCUT2D eigenvalue weighted by molar-refractivity contribution is 0.259. The standard InChI is InChI=1S/C25H20N6O2/c1-15-5-7-16(8-6-15)17-11-20(23-29-21-9-10-27-13-22(21)30-23)24(32)31(14-17)19-4-2-3-18(12-19)28-25(26)33/h2-14H,1H3,(H,29,30)(H3,26,28,33). The van der Waals surface area contributed by atoms with Gasteiger partial charge in [-0.25, -0.2) is 9.78 Å². The molecule has 0 bridgehead atoms. The third kappa shape index (κ3) is 3.97. The van der Waals surface area contributed by atoms with Gasteiger partial charge >= 0.3 is 6.03 Å². The molecule has 162 valence electrons. The van der Waals surface area contributed by atoms with E-state index >= 15 is 0 Å². The molecule has 8 nitrogen and oxygen atoms in total. The van der Waals surface area contributed by atoms with Crippen LogP contribution in [-0.4, -0.2) is 25.6 Å². The molecule has 3 aromatic heterocycles. The lowest BCUT2D eigenvalue weighted by atomic mass is 10.0. The van der Waals surface area contributed by atoms with Crippen molar-refractivity contribution in [3.05, 3.63) is 95.2 Å². The van der Waals surface area contributed by atoms with Crippen LogP contribution in [0.3, 0.4) is 0 Å². The quantitative estimate of drug-likeness (QED) is 0.390. The number of carbonyl (C=O) groups is 1. The summed E-state index contributed by atoms with van der Waals surface area (Å²) in [7, 11) is 0. The molecular weight excluding hydrogens is 416 g/mol. The van der Waals surface area contributed by atoms with Crippen LogP contribution in [0.1, 0.15) is 5.56 Å². The first-order chi connectivity index (χ1) is 16.0. The van der Waals surface area contributed by atoms with Crippen molar-refractivity contribution in [1.82, 2.24) is 19.5 Å². The van der Waals surface area contributed by atoms with Crippen molar-refractivity contribution >= 4 is 22.8 Å². The maximum atomic E-state index is 13.6. The van der Waals surface area contributed by atoms with E-state index in [2.05, 4.69) is 20.3 Å². The first kappa shape index (κ1) is 20.2. The van der Waals surface area contributed by atoms with Crippen LogP contribution in [0, 0.1) is 6.92 Å². The number of aromatic nitrogens is 4. The van der Waals surface area contributed by atoms with Crippen LogP contribution >= 0.6 is 0 Å². The second kappa shape index (κ2) is 8.08. The summed E-state index contributed by atoms with van der Waals surface area (Å²) in [4.78, 5) is 36.8. The van der Waals surface area contributed by atoms with Gasteiger partial charge < -0.3 is 16.0 Å².